The molecule has 1 atom stereocenters. The number of aromatic nitrogens is 1. The number of aryl methyl sites for hydroxylation is 1. The molecule has 0 amide bonds. The van der Waals surface area contributed by atoms with Crippen molar-refractivity contribution >= 4 is 16.5 Å². The third-order valence-electron chi connectivity index (χ3n) is 4.37. The number of thiazole rings is 1. The van der Waals surface area contributed by atoms with Crippen LogP contribution in [0.25, 0.3) is 0 Å². The summed E-state index contributed by atoms with van der Waals surface area (Å²) in [6.45, 7) is 7.68. The molecule has 0 radical (unpaired) electrons. The lowest BCUT2D eigenvalue weighted by molar-refractivity contribution is 0.458. The summed E-state index contributed by atoms with van der Waals surface area (Å²) in [7, 11) is 0. The Bertz CT molecular complexity index is 637. The number of hydrogen-bond acceptors (Lipinski definition) is 4. The fraction of sp³-hybridized carbons (Fsp3) is 0.500. The molecule has 4 heteroatoms. The number of nitrogens with one attached hydrogen (secondary N) is 1. The Kier molecular flexibility index (Phi) is 4.24. The molecule has 0 fully saturated rings. The van der Waals surface area contributed by atoms with Gasteiger partial charge in [0.05, 0.1) is 5.69 Å². The Hall–Kier alpha value is -1.39. The van der Waals surface area contributed by atoms with Crippen molar-refractivity contribution < 1.29 is 0 Å². The summed E-state index contributed by atoms with van der Waals surface area (Å²) in [5.74, 6) is 0. The van der Waals surface area contributed by atoms with E-state index in [0.29, 0.717) is 11.2 Å². The standard InChI is InChI=1S/C18H25N3S/c1-18(2,3)13-6-4-12(5-7-13)11-20-14-8-9-15-16(10-14)22-17(19)21-15/h4-7,14,20H,8-11H2,1-3H3,(H2,19,21). The van der Waals surface area contributed by atoms with Gasteiger partial charge in [-0.15, -0.1) is 11.3 Å². The Labute approximate surface area is 137 Å². The third-order valence-corrected chi connectivity index (χ3v) is 5.32. The lowest BCUT2D eigenvalue weighted by Crippen LogP contribution is -2.33. The van der Waals surface area contributed by atoms with Crippen LogP contribution < -0.4 is 11.1 Å². The van der Waals surface area contributed by atoms with Crippen molar-refractivity contribution in [3.05, 3.63) is 46.0 Å². The second kappa shape index (κ2) is 6.01. The fourth-order valence-corrected chi connectivity index (χ4v) is 3.91. The van der Waals surface area contributed by atoms with E-state index in [1.807, 2.05) is 0 Å². The van der Waals surface area contributed by atoms with Crippen molar-refractivity contribution in [1.29, 1.82) is 0 Å². The molecule has 1 aromatic carbocycles. The number of anilines is 1. The predicted octanol–water partition coefficient (Wildman–Crippen LogP) is 3.67. The molecule has 2 aromatic rings. The molecule has 0 saturated carbocycles. The smallest absolute Gasteiger partial charge is 0.180 e. The minimum atomic E-state index is 0.220. The van der Waals surface area contributed by atoms with Gasteiger partial charge in [0, 0.05) is 17.5 Å². The van der Waals surface area contributed by atoms with Gasteiger partial charge in [-0.1, -0.05) is 45.0 Å². The number of rotatable bonds is 3. The first kappa shape index (κ1) is 15.5. The molecule has 1 aromatic heterocycles. The minimum Gasteiger partial charge on any atom is -0.375 e. The normalized spacial score (nSPS) is 18.2. The van der Waals surface area contributed by atoms with Gasteiger partial charge in [0.2, 0.25) is 0 Å². The summed E-state index contributed by atoms with van der Waals surface area (Å²) in [5, 5.41) is 4.40. The first-order valence-corrected chi connectivity index (χ1v) is 8.80. The minimum absolute atomic E-state index is 0.220. The van der Waals surface area contributed by atoms with E-state index in [1.165, 1.54) is 21.7 Å². The molecule has 0 spiro atoms. The number of nitrogens with two attached hydrogens (primary N) is 1. The van der Waals surface area contributed by atoms with E-state index in [1.54, 1.807) is 11.3 Å². The highest BCUT2D eigenvalue weighted by atomic mass is 32.1. The highest BCUT2D eigenvalue weighted by Crippen LogP contribution is 2.28. The maximum atomic E-state index is 5.80. The summed E-state index contributed by atoms with van der Waals surface area (Å²) in [6, 6.07) is 9.52. The summed E-state index contributed by atoms with van der Waals surface area (Å²) in [6.07, 6.45) is 3.25. The SMILES string of the molecule is CC(C)(C)c1ccc(CNC2CCc3nc(N)sc3C2)cc1. The number of nitrogen functional groups attached to an aromatic ring is 1. The quantitative estimate of drug-likeness (QED) is 0.908. The highest BCUT2D eigenvalue weighted by molar-refractivity contribution is 7.15. The first-order valence-electron chi connectivity index (χ1n) is 7.98. The molecule has 1 unspecified atom stereocenters. The maximum absolute atomic E-state index is 5.80. The van der Waals surface area contributed by atoms with Gasteiger partial charge in [-0.05, 0) is 35.8 Å². The number of fused-ring (bicyclic) bond motifs is 1. The van der Waals surface area contributed by atoms with Crippen LogP contribution in [-0.4, -0.2) is 11.0 Å². The molecule has 0 bridgehead atoms. The van der Waals surface area contributed by atoms with Crippen molar-refractivity contribution in [2.45, 2.75) is 58.0 Å². The van der Waals surface area contributed by atoms with E-state index in [-0.39, 0.29) is 5.41 Å². The van der Waals surface area contributed by atoms with Gasteiger partial charge in [0.15, 0.2) is 5.13 Å². The van der Waals surface area contributed by atoms with E-state index in [2.05, 4.69) is 55.3 Å². The van der Waals surface area contributed by atoms with Gasteiger partial charge >= 0.3 is 0 Å². The van der Waals surface area contributed by atoms with Crippen molar-refractivity contribution in [2.75, 3.05) is 5.73 Å². The molecule has 118 valence electrons. The van der Waals surface area contributed by atoms with Gasteiger partial charge in [0.25, 0.3) is 0 Å². The largest absolute Gasteiger partial charge is 0.375 e. The predicted molar refractivity (Wildman–Crippen MR) is 94.3 cm³/mol. The average molecular weight is 315 g/mol. The second-order valence-electron chi connectivity index (χ2n) is 7.19. The van der Waals surface area contributed by atoms with E-state index < -0.39 is 0 Å². The van der Waals surface area contributed by atoms with Crippen LogP contribution in [0.5, 0.6) is 0 Å². The Morgan fingerprint density at radius 2 is 2.00 bits per heavy atom. The van der Waals surface area contributed by atoms with Gasteiger partial charge in [-0.2, -0.15) is 0 Å². The van der Waals surface area contributed by atoms with Crippen molar-refractivity contribution in [2.24, 2.45) is 0 Å². The molecular formula is C18H25N3S. The van der Waals surface area contributed by atoms with Gasteiger partial charge in [0.1, 0.15) is 0 Å². The maximum Gasteiger partial charge on any atom is 0.180 e. The summed E-state index contributed by atoms with van der Waals surface area (Å²) >= 11 is 1.65. The van der Waals surface area contributed by atoms with Crippen LogP contribution in [0.15, 0.2) is 24.3 Å². The van der Waals surface area contributed by atoms with Gasteiger partial charge in [-0.3, -0.25) is 0 Å². The van der Waals surface area contributed by atoms with Crippen LogP contribution in [-0.2, 0) is 24.8 Å². The summed E-state index contributed by atoms with van der Waals surface area (Å²) < 4.78 is 0. The molecule has 1 aliphatic rings. The third kappa shape index (κ3) is 3.50. The molecule has 3 rings (SSSR count). The van der Waals surface area contributed by atoms with Crippen LogP contribution >= 0.6 is 11.3 Å². The number of nitrogens with zero attached hydrogens (tertiary/aromatic N) is 1. The topological polar surface area (TPSA) is 50.9 Å². The second-order valence-corrected chi connectivity index (χ2v) is 8.30. The van der Waals surface area contributed by atoms with Gasteiger partial charge in [-0.25, -0.2) is 4.98 Å². The van der Waals surface area contributed by atoms with Crippen LogP contribution in [0.1, 0.15) is 48.9 Å². The molecule has 0 aliphatic heterocycles. The monoisotopic (exact) mass is 315 g/mol. The van der Waals surface area contributed by atoms with Gasteiger partial charge < -0.3 is 11.1 Å². The van der Waals surface area contributed by atoms with Crippen molar-refractivity contribution in [1.82, 2.24) is 10.3 Å². The van der Waals surface area contributed by atoms with Crippen molar-refractivity contribution in [3.8, 4) is 0 Å². The van der Waals surface area contributed by atoms with Crippen LogP contribution in [0.4, 0.5) is 5.13 Å². The van der Waals surface area contributed by atoms with Crippen LogP contribution in [0, 0.1) is 0 Å². The summed E-state index contributed by atoms with van der Waals surface area (Å²) in [4.78, 5) is 5.77. The fourth-order valence-electron chi connectivity index (χ4n) is 2.95. The Balaban J connectivity index is 1.57. The zero-order valence-corrected chi connectivity index (χ0v) is 14.5. The van der Waals surface area contributed by atoms with Crippen LogP contribution in [0.2, 0.25) is 0 Å². The zero-order chi connectivity index (χ0) is 15.7. The molecule has 0 saturated heterocycles. The van der Waals surface area contributed by atoms with E-state index in [9.17, 15) is 0 Å². The highest BCUT2D eigenvalue weighted by Gasteiger charge is 2.21. The van der Waals surface area contributed by atoms with Crippen molar-refractivity contribution in [3.63, 3.8) is 0 Å². The number of hydrogen-bond donors (Lipinski definition) is 2. The molecule has 1 heterocycles. The van der Waals surface area contributed by atoms with E-state index >= 15 is 0 Å². The molecule has 3 N–H and O–H groups in total. The zero-order valence-electron chi connectivity index (χ0n) is 13.6. The van der Waals surface area contributed by atoms with E-state index in [4.69, 9.17) is 5.73 Å². The first-order chi connectivity index (χ1) is 10.4. The molecular weight excluding hydrogens is 290 g/mol. The Morgan fingerprint density at radius 3 is 2.68 bits per heavy atom. The van der Waals surface area contributed by atoms with Crippen LogP contribution in [0.3, 0.4) is 0 Å². The molecule has 3 nitrogen and oxygen atoms in total. The number of benzene rings is 1. The Morgan fingerprint density at radius 1 is 1.27 bits per heavy atom. The average Bonchev–Trinajstić information content (AvgIpc) is 2.84. The summed E-state index contributed by atoms with van der Waals surface area (Å²) in [5.41, 5.74) is 9.98. The lowest BCUT2D eigenvalue weighted by Gasteiger charge is -2.23. The molecule has 1 aliphatic carbocycles. The van der Waals surface area contributed by atoms with E-state index in [0.717, 1.165) is 25.8 Å². The lowest BCUT2D eigenvalue weighted by atomic mass is 9.87. The molecule has 22 heavy (non-hydrogen) atoms.